The largest absolute Gasteiger partial charge is 0.423 e. The summed E-state index contributed by atoms with van der Waals surface area (Å²) >= 11 is 0. The second kappa shape index (κ2) is 5.84. The molecule has 0 aliphatic carbocycles. The van der Waals surface area contributed by atoms with Crippen LogP contribution in [0.5, 0.6) is 0 Å². The number of aromatic nitrogens is 2. The standard InChI is InChI=1S/C14H18N4O/c1-2-11(8-15-7-1)9-16-13-5-3-12(4-6-13)14-18-17-10-19-14/h3-6,10-11,15-16H,1-2,7-9H2. The van der Waals surface area contributed by atoms with Gasteiger partial charge in [0.05, 0.1) is 0 Å². The van der Waals surface area contributed by atoms with Gasteiger partial charge in [-0.15, -0.1) is 10.2 Å². The average molecular weight is 258 g/mol. The zero-order valence-corrected chi connectivity index (χ0v) is 10.8. The van der Waals surface area contributed by atoms with E-state index in [4.69, 9.17) is 4.42 Å². The Morgan fingerprint density at radius 1 is 1.32 bits per heavy atom. The second-order valence-corrected chi connectivity index (χ2v) is 4.91. The number of anilines is 1. The number of benzene rings is 1. The minimum absolute atomic E-state index is 0.558. The average Bonchev–Trinajstić information content (AvgIpc) is 3.01. The highest BCUT2D eigenvalue weighted by Gasteiger charge is 2.12. The summed E-state index contributed by atoms with van der Waals surface area (Å²) in [6.45, 7) is 3.30. The van der Waals surface area contributed by atoms with E-state index in [9.17, 15) is 0 Å². The molecule has 1 atom stereocenters. The van der Waals surface area contributed by atoms with Crippen LogP contribution in [0.2, 0.25) is 0 Å². The Morgan fingerprint density at radius 3 is 2.89 bits per heavy atom. The maximum absolute atomic E-state index is 5.16. The van der Waals surface area contributed by atoms with Gasteiger partial charge < -0.3 is 15.1 Å². The van der Waals surface area contributed by atoms with Gasteiger partial charge in [0, 0.05) is 17.8 Å². The van der Waals surface area contributed by atoms with Crippen LogP contribution in [-0.2, 0) is 0 Å². The molecular formula is C14H18N4O. The summed E-state index contributed by atoms with van der Waals surface area (Å²) in [5, 5.41) is 14.5. The Morgan fingerprint density at radius 2 is 2.21 bits per heavy atom. The summed E-state index contributed by atoms with van der Waals surface area (Å²) in [6.07, 6.45) is 3.93. The maximum Gasteiger partial charge on any atom is 0.247 e. The van der Waals surface area contributed by atoms with Gasteiger partial charge in [0.1, 0.15) is 0 Å². The van der Waals surface area contributed by atoms with Gasteiger partial charge in [-0.2, -0.15) is 0 Å². The van der Waals surface area contributed by atoms with E-state index in [-0.39, 0.29) is 0 Å². The first-order valence-electron chi connectivity index (χ1n) is 6.73. The van der Waals surface area contributed by atoms with Crippen LogP contribution in [0.4, 0.5) is 5.69 Å². The van der Waals surface area contributed by atoms with Crippen LogP contribution < -0.4 is 10.6 Å². The van der Waals surface area contributed by atoms with E-state index in [1.807, 2.05) is 12.1 Å². The molecule has 5 heteroatoms. The third-order valence-corrected chi connectivity index (χ3v) is 3.49. The summed E-state index contributed by atoms with van der Waals surface area (Å²) in [7, 11) is 0. The quantitative estimate of drug-likeness (QED) is 0.879. The van der Waals surface area contributed by atoms with Crippen molar-refractivity contribution < 1.29 is 4.42 Å². The summed E-state index contributed by atoms with van der Waals surface area (Å²) in [5.41, 5.74) is 2.08. The fraction of sp³-hybridized carbons (Fsp3) is 0.429. The number of nitrogens with one attached hydrogen (secondary N) is 2. The molecule has 2 heterocycles. The predicted octanol–water partition coefficient (Wildman–Crippen LogP) is 2.15. The lowest BCUT2D eigenvalue weighted by atomic mass is 10.00. The van der Waals surface area contributed by atoms with Crippen molar-refractivity contribution in [3.05, 3.63) is 30.7 Å². The van der Waals surface area contributed by atoms with Gasteiger partial charge in [0.25, 0.3) is 0 Å². The van der Waals surface area contributed by atoms with Gasteiger partial charge in [-0.3, -0.25) is 0 Å². The molecule has 0 spiro atoms. The molecule has 5 nitrogen and oxygen atoms in total. The lowest BCUT2D eigenvalue weighted by Crippen LogP contribution is -2.33. The molecule has 0 amide bonds. The molecule has 1 saturated heterocycles. The van der Waals surface area contributed by atoms with Crippen molar-refractivity contribution in [3.8, 4) is 11.5 Å². The van der Waals surface area contributed by atoms with E-state index in [1.165, 1.54) is 19.2 Å². The summed E-state index contributed by atoms with van der Waals surface area (Å²) < 4.78 is 5.16. The van der Waals surface area contributed by atoms with Crippen LogP contribution in [0.15, 0.2) is 35.1 Å². The van der Waals surface area contributed by atoms with Gasteiger partial charge in [-0.05, 0) is 56.1 Å². The molecule has 3 rings (SSSR count). The molecule has 1 aliphatic rings. The Hall–Kier alpha value is -1.88. The van der Waals surface area contributed by atoms with Gasteiger partial charge >= 0.3 is 0 Å². The first-order valence-corrected chi connectivity index (χ1v) is 6.73. The van der Waals surface area contributed by atoms with Gasteiger partial charge in [-0.25, -0.2) is 0 Å². The minimum atomic E-state index is 0.558. The van der Waals surface area contributed by atoms with E-state index in [0.29, 0.717) is 5.89 Å². The molecule has 1 fully saturated rings. The minimum Gasteiger partial charge on any atom is -0.423 e. The molecule has 0 saturated carbocycles. The lowest BCUT2D eigenvalue weighted by molar-refractivity contribution is 0.393. The summed E-state index contributed by atoms with van der Waals surface area (Å²) in [5.74, 6) is 1.28. The Balaban J connectivity index is 1.57. The first-order chi connectivity index (χ1) is 9.42. The highest BCUT2D eigenvalue weighted by atomic mass is 16.4. The maximum atomic E-state index is 5.16. The number of nitrogens with zero attached hydrogens (tertiary/aromatic N) is 2. The van der Waals surface area contributed by atoms with Crippen molar-refractivity contribution in [1.82, 2.24) is 15.5 Å². The van der Waals surface area contributed by atoms with Crippen LogP contribution in [0.1, 0.15) is 12.8 Å². The van der Waals surface area contributed by atoms with Gasteiger partial charge in [0.2, 0.25) is 12.3 Å². The Bertz CT molecular complexity index is 489. The number of rotatable bonds is 4. The highest BCUT2D eigenvalue weighted by Crippen LogP contribution is 2.19. The summed E-state index contributed by atoms with van der Waals surface area (Å²) in [4.78, 5) is 0. The molecule has 100 valence electrons. The monoisotopic (exact) mass is 258 g/mol. The molecule has 2 aromatic rings. The van der Waals surface area contributed by atoms with Crippen LogP contribution in [0.3, 0.4) is 0 Å². The molecule has 19 heavy (non-hydrogen) atoms. The van der Waals surface area contributed by atoms with Crippen LogP contribution in [0.25, 0.3) is 11.5 Å². The lowest BCUT2D eigenvalue weighted by Gasteiger charge is -2.23. The van der Waals surface area contributed by atoms with Crippen molar-refractivity contribution in [2.75, 3.05) is 25.0 Å². The molecule has 1 aliphatic heterocycles. The highest BCUT2D eigenvalue weighted by molar-refractivity contribution is 5.58. The van der Waals surface area contributed by atoms with E-state index in [2.05, 4.69) is 33.0 Å². The Labute approximate surface area is 112 Å². The van der Waals surface area contributed by atoms with E-state index in [1.54, 1.807) is 0 Å². The molecule has 1 unspecified atom stereocenters. The predicted molar refractivity (Wildman–Crippen MR) is 73.8 cm³/mol. The van der Waals surface area contributed by atoms with Crippen LogP contribution in [0, 0.1) is 5.92 Å². The van der Waals surface area contributed by atoms with E-state index in [0.717, 1.165) is 36.8 Å². The number of piperidine rings is 1. The van der Waals surface area contributed by atoms with Crippen LogP contribution >= 0.6 is 0 Å². The van der Waals surface area contributed by atoms with E-state index >= 15 is 0 Å². The fourth-order valence-corrected chi connectivity index (χ4v) is 2.39. The van der Waals surface area contributed by atoms with Crippen molar-refractivity contribution in [1.29, 1.82) is 0 Å². The molecule has 2 N–H and O–H groups in total. The van der Waals surface area contributed by atoms with Crippen molar-refractivity contribution in [2.24, 2.45) is 5.92 Å². The molecule has 0 radical (unpaired) electrons. The first kappa shape index (κ1) is 12.2. The number of hydrogen-bond acceptors (Lipinski definition) is 5. The number of hydrogen-bond donors (Lipinski definition) is 2. The fourth-order valence-electron chi connectivity index (χ4n) is 2.39. The van der Waals surface area contributed by atoms with Crippen LogP contribution in [-0.4, -0.2) is 29.8 Å². The summed E-state index contributed by atoms with van der Waals surface area (Å²) in [6, 6.07) is 8.09. The molecule has 1 aromatic heterocycles. The van der Waals surface area contributed by atoms with Gasteiger partial charge in [-0.1, -0.05) is 0 Å². The third-order valence-electron chi connectivity index (χ3n) is 3.49. The molecule has 1 aromatic carbocycles. The van der Waals surface area contributed by atoms with Gasteiger partial charge in [0.15, 0.2) is 0 Å². The SMILES string of the molecule is c1nnc(-c2ccc(NCC3CCCNC3)cc2)o1. The Kier molecular flexibility index (Phi) is 3.74. The van der Waals surface area contributed by atoms with E-state index < -0.39 is 0 Å². The van der Waals surface area contributed by atoms with Crippen molar-refractivity contribution in [2.45, 2.75) is 12.8 Å². The molecule has 0 bridgehead atoms. The molecular weight excluding hydrogens is 240 g/mol. The van der Waals surface area contributed by atoms with Crippen molar-refractivity contribution in [3.63, 3.8) is 0 Å². The van der Waals surface area contributed by atoms with Crippen molar-refractivity contribution >= 4 is 5.69 Å². The zero-order chi connectivity index (χ0) is 12.9. The topological polar surface area (TPSA) is 63.0 Å². The smallest absolute Gasteiger partial charge is 0.247 e. The second-order valence-electron chi connectivity index (χ2n) is 4.91. The normalized spacial score (nSPS) is 19.3. The zero-order valence-electron chi connectivity index (χ0n) is 10.8. The third kappa shape index (κ3) is 3.12.